The predicted molar refractivity (Wildman–Crippen MR) is 120 cm³/mol. The molecule has 1 aromatic carbocycles. The Labute approximate surface area is 174 Å². The summed E-state index contributed by atoms with van der Waals surface area (Å²) in [7, 11) is 1.77. The molecule has 0 aromatic heterocycles. The zero-order valence-electron chi connectivity index (χ0n) is 16.5. The average molecular weight is 476 g/mol. The van der Waals surface area contributed by atoms with E-state index in [9.17, 15) is 4.79 Å². The van der Waals surface area contributed by atoms with Crippen LogP contribution in [0.1, 0.15) is 40.5 Å². The van der Waals surface area contributed by atoms with Crippen molar-refractivity contribution in [2.24, 2.45) is 10.9 Å². The number of carbonyl (C=O) groups is 1. The summed E-state index contributed by atoms with van der Waals surface area (Å²) in [5.74, 6) is 2.12. The van der Waals surface area contributed by atoms with E-state index < -0.39 is 0 Å². The topological polar surface area (TPSA) is 74.8 Å². The fourth-order valence-corrected chi connectivity index (χ4v) is 2.29. The average Bonchev–Trinajstić information content (AvgIpc) is 2.55. The van der Waals surface area contributed by atoms with Crippen molar-refractivity contribution >= 4 is 41.5 Å². The fourth-order valence-electron chi connectivity index (χ4n) is 2.29. The van der Waals surface area contributed by atoms with Gasteiger partial charge in [-0.3, -0.25) is 9.79 Å². The summed E-state index contributed by atoms with van der Waals surface area (Å²) >= 11 is 0. The van der Waals surface area contributed by atoms with Gasteiger partial charge < -0.3 is 20.7 Å². The zero-order chi connectivity index (χ0) is 18.7. The van der Waals surface area contributed by atoms with E-state index in [4.69, 9.17) is 4.74 Å². The molecule has 3 N–H and O–H groups in total. The van der Waals surface area contributed by atoms with Crippen LogP contribution in [0, 0.1) is 5.92 Å². The van der Waals surface area contributed by atoms with E-state index in [1.54, 1.807) is 7.05 Å². The van der Waals surface area contributed by atoms with E-state index in [2.05, 4.69) is 41.7 Å². The monoisotopic (exact) mass is 476 g/mol. The van der Waals surface area contributed by atoms with Crippen LogP contribution in [0.3, 0.4) is 0 Å². The highest BCUT2D eigenvalue weighted by Gasteiger charge is 2.06. The Bertz CT molecular complexity index is 564. The molecule has 0 saturated carbocycles. The molecule has 7 heteroatoms. The van der Waals surface area contributed by atoms with E-state index in [1.165, 1.54) is 13.3 Å². The molecule has 0 radical (unpaired) electrons. The Balaban J connectivity index is 0.00000625. The van der Waals surface area contributed by atoms with Crippen molar-refractivity contribution in [2.75, 3.05) is 25.5 Å². The number of halogens is 1. The summed E-state index contributed by atoms with van der Waals surface area (Å²) in [6.07, 6.45) is 2.31. The standard InChI is InChI=1S/C19H32N4O2.HI/c1-14(2)9-10-15(3)22-19(20-5)21-11-12-25-18-8-6-7-17(13-18)23-16(4)24;/h6-8,13-15H,9-12H2,1-5H3,(H,23,24)(H2,20,21,22);1H. The second kappa shape index (κ2) is 13.7. The minimum absolute atomic E-state index is 0. The van der Waals surface area contributed by atoms with Crippen molar-refractivity contribution in [1.82, 2.24) is 10.6 Å². The fraction of sp³-hybridized carbons (Fsp3) is 0.579. The van der Waals surface area contributed by atoms with Crippen molar-refractivity contribution in [1.29, 1.82) is 0 Å². The molecule has 148 valence electrons. The van der Waals surface area contributed by atoms with Crippen LogP contribution in [0.25, 0.3) is 0 Å². The molecule has 1 unspecified atom stereocenters. The largest absolute Gasteiger partial charge is 0.492 e. The van der Waals surface area contributed by atoms with Gasteiger partial charge >= 0.3 is 0 Å². The molecular weight excluding hydrogens is 443 g/mol. The number of amides is 1. The van der Waals surface area contributed by atoms with Gasteiger partial charge in [0.25, 0.3) is 0 Å². The summed E-state index contributed by atoms with van der Waals surface area (Å²) in [6, 6.07) is 7.74. The molecule has 1 aromatic rings. The van der Waals surface area contributed by atoms with Gasteiger partial charge in [0.2, 0.25) is 5.91 Å². The molecular formula is C19H33IN4O2. The van der Waals surface area contributed by atoms with E-state index in [1.807, 2.05) is 24.3 Å². The first kappa shape index (κ1) is 24.5. The molecule has 0 bridgehead atoms. The highest BCUT2D eigenvalue weighted by molar-refractivity contribution is 14.0. The number of hydrogen-bond donors (Lipinski definition) is 3. The zero-order valence-corrected chi connectivity index (χ0v) is 18.8. The maximum Gasteiger partial charge on any atom is 0.221 e. The van der Waals surface area contributed by atoms with Gasteiger partial charge in [0.1, 0.15) is 12.4 Å². The van der Waals surface area contributed by atoms with E-state index in [-0.39, 0.29) is 29.9 Å². The van der Waals surface area contributed by atoms with Crippen LogP contribution in [-0.2, 0) is 4.79 Å². The lowest BCUT2D eigenvalue weighted by Gasteiger charge is -2.18. The van der Waals surface area contributed by atoms with Gasteiger partial charge in [0.05, 0.1) is 6.54 Å². The summed E-state index contributed by atoms with van der Waals surface area (Å²) in [5, 5.41) is 9.38. The Morgan fingerprint density at radius 2 is 1.96 bits per heavy atom. The summed E-state index contributed by atoms with van der Waals surface area (Å²) in [4.78, 5) is 15.3. The normalized spacial score (nSPS) is 12.2. The van der Waals surface area contributed by atoms with Gasteiger partial charge in [0.15, 0.2) is 5.96 Å². The first-order valence-corrected chi connectivity index (χ1v) is 8.88. The lowest BCUT2D eigenvalue weighted by molar-refractivity contribution is -0.114. The molecule has 1 amide bonds. The number of guanidine groups is 1. The molecule has 0 aliphatic carbocycles. The van der Waals surface area contributed by atoms with Crippen LogP contribution in [0.15, 0.2) is 29.3 Å². The van der Waals surface area contributed by atoms with Crippen LogP contribution in [0.2, 0.25) is 0 Å². The van der Waals surface area contributed by atoms with Gasteiger partial charge in [-0.15, -0.1) is 24.0 Å². The highest BCUT2D eigenvalue weighted by atomic mass is 127. The molecule has 0 fully saturated rings. The number of nitrogens with one attached hydrogen (secondary N) is 3. The SMILES string of the molecule is CN=C(NCCOc1cccc(NC(C)=O)c1)NC(C)CCC(C)C.I. The first-order chi connectivity index (χ1) is 11.9. The maximum atomic E-state index is 11.1. The van der Waals surface area contributed by atoms with Crippen LogP contribution < -0.4 is 20.7 Å². The molecule has 0 saturated heterocycles. The summed E-state index contributed by atoms with van der Waals surface area (Å²) in [6.45, 7) is 9.26. The van der Waals surface area contributed by atoms with Crippen molar-refractivity contribution in [3.8, 4) is 5.75 Å². The Kier molecular flexibility index (Phi) is 12.9. The second-order valence-electron chi connectivity index (χ2n) is 6.57. The van der Waals surface area contributed by atoms with Crippen molar-refractivity contribution in [3.63, 3.8) is 0 Å². The maximum absolute atomic E-state index is 11.1. The third-order valence-corrected chi connectivity index (χ3v) is 3.60. The van der Waals surface area contributed by atoms with Crippen molar-refractivity contribution in [3.05, 3.63) is 24.3 Å². The minimum atomic E-state index is -0.0970. The number of nitrogens with zero attached hydrogens (tertiary/aromatic N) is 1. The molecule has 0 aliphatic rings. The number of ether oxygens (including phenoxy) is 1. The number of aliphatic imine (C=N–C) groups is 1. The molecule has 0 aliphatic heterocycles. The van der Waals surface area contributed by atoms with Gasteiger partial charge in [-0.25, -0.2) is 0 Å². The van der Waals surface area contributed by atoms with Gasteiger partial charge in [-0.1, -0.05) is 19.9 Å². The van der Waals surface area contributed by atoms with Crippen LogP contribution in [0.5, 0.6) is 5.75 Å². The number of benzene rings is 1. The smallest absolute Gasteiger partial charge is 0.221 e. The van der Waals surface area contributed by atoms with E-state index in [0.29, 0.717) is 25.1 Å². The molecule has 1 atom stereocenters. The number of hydrogen-bond acceptors (Lipinski definition) is 3. The molecule has 0 spiro atoms. The van der Waals surface area contributed by atoms with Gasteiger partial charge in [-0.2, -0.15) is 0 Å². The van der Waals surface area contributed by atoms with Crippen LogP contribution in [0.4, 0.5) is 5.69 Å². The summed E-state index contributed by atoms with van der Waals surface area (Å²) < 4.78 is 5.71. The van der Waals surface area contributed by atoms with Crippen LogP contribution in [-0.4, -0.2) is 38.1 Å². The predicted octanol–water partition coefficient (Wildman–Crippen LogP) is 3.63. The third kappa shape index (κ3) is 11.2. The van der Waals surface area contributed by atoms with Crippen molar-refractivity contribution < 1.29 is 9.53 Å². The molecule has 0 heterocycles. The third-order valence-electron chi connectivity index (χ3n) is 3.60. The Morgan fingerprint density at radius 1 is 1.23 bits per heavy atom. The molecule has 6 nitrogen and oxygen atoms in total. The van der Waals surface area contributed by atoms with Crippen molar-refractivity contribution in [2.45, 2.75) is 46.6 Å². The second-order valence-corrected chi connectivity index (χ2v) is 6.57. The molecule has 1 rings (SSSR count). The quantitative estimate of drug-likeness (QED) is 0.220. The highest BCUT2D eigenvalue weighted by Crippen LogP contribution is 2.17. The Morgan fingerprint density at radius 3 is 2.58 bits per heavy atom. The van der Waals surface area contributed by atoms with E-state index in [0.717, 1.165) is 23.8 Å². The summed E-state index contributed by atoms with van der Waals surface area (Å²) in [5.41, 5.74) is 0.731. The van der Waals surface area contributed by atoms with E-state index >= 15 is 0 Å². The van der Waals surface area contributed by atoms with Crippen LogP contribution >= 0.6 is 24.0 Å². The first-order valence-electron chi connectivity index (χ1n) is 8.88. The van der Waals surface area contributed by atoms with Gasteiger partial charge in [0, 0.05) is 31.8 Å². The number of rotatable bonds is 9. The minimum Gasteiger partial charge on any atom is -0.492 e. The molecule has 26 heavy (non-hydrogen) atoms. The Hall–Kier alpha value is -1.51. The lowest BCUT2D eigenvalue weighted by Crippen LogP contribution is -2.43. The number of carbonyl (C=O) groups excluding carboxylic acids is 1. The number of anilines is 1. The van der Waals surface area contributed by atoms with Gasteiger partial charge in [-0.05, 0) is 37.8 Å². The lowest BCUT2D eigenvalue weighted by atomic mass is 10.0.